The maximum Gasteiger partial charge on any atom is 0.0702 e. The number of aromatic nitrogens is 1. The van der Waals surface area contributed by atoms with Crippen molar-refractivity contribution in [1.82, 2.24) is 10.3 Å². The van der Waals surface area contributed by atoms with E-state index in [4.69, 9.17) is 0 Å². The zero-order chi connectivity index (χ0) is 14.5. The van der Waals surface area contributed by atoms with E-state index in [9.17, 15) is 0 Å². The average Bonchev–Trinajstić information content (AvgIpc) is 2.55. The topological polar surface area (TPSA) is 24.9 Å². The summed E-state index contributed by atoms with van der Waals surface area (Å²) >= 11 is 0. The Hall–Kier alpha value is -2.19. The van der Waals surface area contributed by atoms with Crippen LogP contribution in [0.1, 0.15) is 18.9 Å². The van der Waals surface area contributed by atoms with E-state index in [0.29, 0.717) is 0 Å². The van der Waals surface area contributed by atoms with Crippen molar-refractivity contribution in [3.63, 3.8) is 0 Å². The van der Waals surface area contributed by atoms with Gasteiger partial charge in [0.15, 0.2) is 0 Å². The number of hydrogen-bond acceptors (Lipinski definition) is 2. The van der Waals surface area contributed by atoms with Gasteiger partial charge in [-0.15, -0.1) is 0 Å². The van der Waals surface area contributed by atoms with E-state index >= 15 is 0 Å². The lowest BCUT2D eigenvalue weighted by molar-refractivity contribution is 0.675. The number of nitrogens with one attached hydrogen (secondary N) is 1. The first-order chi connectivity index (χ1) is 10.4. The minimum Gasteiger partial charge on any atom is -0.313 e. The highest BCUT2D eigenvalue weighted by molar-refractivity contribution is 5.83. The molecule has 106 valence electrons. The van der Waals surface area contributed by atoms with Crippen LogP contribution in [0.4, 0.5) is 0 Å². The van der Waals surface area contributed by atoms with Crippen molar-refractivity contribution < 1.29 is 0 Å². The number of para-hydroxylation sites is 1. The second kappa shape index (κ2) is 6.51. The van der Waals surface area contributed by atoms with Crippen molar-refractivity contribution in [3.8, 4) is 11.1 Å². The van der Waals surface area contributed by atoms with Crippen LogP contribution in [0.25, 0.3) is 22.0 Å². The molecule has 1 heterocycles. The molecule has 0 aliphatic carbocycles. The molecule has 0 unspecified atom stereocenters. The Morgan fingerprint density at radius 1 is 0.952 bits per heavy atom. The summed E-state index contributed by atoms with van der Waals surface area (Å²) in [7, 11) is 0. The summed E-state index contributed by atoms with van der Waals surface area (Å²) in [6, 6.07) is 19.1. The van der Waals surface area contributed by atoms with Gasteiger partial charge in [0, 0.05) is 23.7 Å². The van der Waals surface area contributed by atoms with E-state index < -0.39 is 0 Å². The molecule has 21 heavy (non-hydrogen) atoms. The molecular weight excluding hydrogens is 256 g/mol. The molecule has 1 N–H and O–H groups in total. The second-order valence-electron chi connectivity index (χ2n) is 5.29. The van der Waals surface area contributed by atoms with Gasteiger partial charge < -0.3 is 5.32 Å². The van der Waals surface area contributed by atoms with E-state index in [0.717, 1.165) is 25.0 Å². The minimum absolute atomic E-state index is 0.919. The highest BCUT2D eigenvalue weighted by atomic mass is 14.8. The first kappa shape index (κ1) is 13.8. The molecule has 0 aliphatic rings. The molecule has 0 saturated carbocycles. The second-order valence-corrected chi connectivity index (χ2v) is 5.29. The summed E-state index contributed by atoms with van der Waals surface area (Å²) in [6.07, 6.45) is 3.12. The molecule has 2 heteroatoms. The monoisotopic (exact) mass is 276 g/mol. The molecule has 0 spiro atoms. The summed E-state index contributed by atoms with van der Waals surface area (Å²) in [6.45, 7) is 4.16. The summed E-state index contributed by atoms with van der Waals surface area (Å²) in [5.74, 6) is 0. The van der Waals surface area contributed by atoms with Crippen LogP contribution in [-0.4, -0.2) is 11.5 Å². The minimum atomic E-state index is 0.919. The van der Waals surface area contributed by atoms with Crippen molar-refractivity contribution in [2.24, 2.45) is 0 Å². The Morgan fingerprint density at radius 2 is 1.86 bits per heavy atom. The van der Waals surface area contributed by atoms with E-state index in [1.165, 1.54) is 22.1 Å². The van der Waals surface area contributed by atoms with Crippen LogP contribution in [0.5, 0.6) is 0 Å². The highest BCUT2D eigenvalue weighted by Gasteiger charge is 2.02. The summed E-state index contributed by atoms with van der Waals surface area (Å²) in [5, 5.41) is 4.63. The van der Waals surface area contributed by atoms with Crippen LogP contribution in [-0.2, 0) is 6.54 Å². The smallest absolute Gasteiger partial charge is 0.0702 e. The van der Waals surface area contributed by atoms with Gasteiger partial charge in [0.05, 0.1) is 5.52 Å². The van der Waals surface area contributed by atoms with Gasteiger partial charge in [0.1, 0.15) is 0 Å². The van der Waals surface area contributed by atoms with Gasteiger partial charge in [-0.05, 0) is 42.3 Å². The Bertz CT molecular complexity index is 734. The Morgan fingerprint density at radius 3 is 2.76 bits per heavy atom. The van der Waals surface area contributed by atoms with Crippen LogP contribution < -0.4 is 5.32 Å². The lowest BCUT2D eigenvalue weighted by Crippen LogP contribution is -2.13. The van der Waals surface area contributed by atoms with Crippen LogP contribution in [0.15, 0.2) is 60.8 Å². The zero-order valence-corrected chi connectivity index (χ0v) is 12.3. The van der Waals surface area contributed by atoms with Crippen molar-refractivity contribution in [2.45, 2.75) is 19.9 Å². The van der Waals surface area contributed by atoms with Gasteiger partial charge in [-0.25, -0.2) is 0 Å². The molecule has 0 aliphatic heterocycles. The summed E-state index contributed by atoms with van der Waals surface area (Å²) in [4.78, 5) is 4.55. The van der Waals surface area contributed by atoms with Gasteiger partial charge in [-0.1, -0.05) is 43.3 Å². The molecule has 0 amide bonds. The van der Waals surface area contributed by atoms with Gasteiger partial charge >= 0.3 is 0 Å². The molecular formula is C19H20N2. The third kappa shape index (κ3) is 3.29. The number of nitrogens with zero attached hydrogens (tertiary/aromatic N) is 1. The number of fused-ring (bicyclic) bond motifs is 1. The first-order valence-electron chi connectivity index (χ1n) is 7.51. The molecule has 0 atom stereocenters. The van der Waals surface area contributed by atoms with Crippen LogP contribution in [0.3, 0.4) is 0 Å². The van der Waals surface area contributed by atoms with E-state index in [1.54, 1.807) is 0 Å². The molecule has 0 fully saturated rings. The lowest BCUT2D eigenvalue weighted by Gasteiger charge is -2.07. The largest absolute Gasteiger partial charge is 0.313 e. The fourth-order valence-corrected chi connectivity index (χ4v) is 2.50. The molecule has 2 nitrogen and oxygen atoms in total. The Kier molecular flexibility index (Phi) is 4.27. The number of rotatable bonds is 5. The zero-order valence-electron chi connectivity index (χ0n) is 12.3. The first-order valence-corrected chi connectivity index (χ1v) is 7.51. The number of hydrogen-bond donors (Lipinski definition) is 1. The molecule has 2 aromatic carbocycles. The summed E-state index contributed by atoms with van der Waals surface area (Å²) in [5.41, 5.74) is 4.76. The molecule has 3 rings (SSSR count). The van der Waals surface area contributed by atoms with Crippen molar-refractivity contribution >= 4 is 10.9 Å². The Labute approximate surface area is 125 Å². The molecule has 0 bridgehead atoms. The van der Waals surface area contributed by atoms with Crippen molar-refractivity contribution in [2.75, 3.05) is 6.54 Å². The average molecular weight is 276 g/mol. The number of pyridine rings is 1. The third-order valence-corrected chi connectivity index (χ3v) is 3.61. The lowest BCUT2D eigenvalue weighted by atomic mass is 10.0. The predicted molar refractivity (Wildman–Crippen MR) is 89.2 cm³/mol. The fourth-order valence-electron chi connectivity index (χ4n) is 2.50. The molecule has 1 aromatic heterocycles. The maximum absolute atomic E-state index is 4.55. The van der Waals surface area contributed by atoms with Gasteiger partial charge in [-0.2, -0.15) is 0 Å². The van der Waals surface area contributed by atoms with Crippen LogP contribution in [0.2, 0.25) is 0 Å². The van der Waals surface area contributed by atoms with Crippen molar-refractivity contribution in [1.29, 1.82) is 0 Å². The van der Waals surface area contributed by atoms with Crippen molar-refractivity contribution in [3.05, 3.63) is 66.4 Å². The van der Waals surface area contributed by atoms with E-state index in [2.05, 4.69) is 59.7 Å². The van der Waals surface area contributed by atoms with Crippen LogP contribution in [0, 0.1) is 0 Å². The molecule has 0 radical (unpaired) electrons. The summed E-state index contributed by atoms with van der Waals surface area (Å²) < 4.78 is 0. The number of benzene rings is 2. The molecule has 3 aromatic rings. The van der Waals surface area contributed by atoms with Gasteiger partial charge in [0.2, 0.25) is 0 Å². The van der Waals surface area contributed by atoms with E-state index in [1.807, 2.05) is 18.3 Å². The normalized spacial score (nSPS) is 10.9. The molecule has 0 saturated heterocycles. The standard InChI is InChI=1S/C19H20N2/c1-2-10-20-13-15-6-5-8-16(11-15)18-12-17-7-3-4-9-19(17)21-14-18/h3-9,11-12,14,20H,2,10,13H2,1H3. The maximum atomic E-state index is 4.55. The SMILES string of the molecule is CCCNCc1cccc(-c2cnc3ccccc3c2)c1. The fraction of sp³-hybridized carbons (Fsp3) is 0.211. The quantitative estimate of drug-likeness (QED) is 0.699. The van der Waals surface area contributed by atoms with Crippen LogP contribution >= 0.6 is 0 Å². The van der Waals surface area contributed by atoms with Gasteiger partial charge in [-0.3, -0.25) is 4.98 Å². The third-order valence-electron chi connectivity index (χ3n) is 3.61. The highest BCUT2D eigenvalue weighted by Crippen LogP contribution is 2.23. The Balaban J connectivity index is 1.89. The van der Waals surface area contributed by atoms with E-state index in [-0.39, 0.29) is 0 Å². The van der Waals surface area contributed by atoms with Gasteiger partial charge in [0.25, 0.3) is 0 Å². The predicted octanol–water partition coefficient (Wildman–Crippen LogP) is 4.40.